The molecule has 6 nitrogen and oxygen atoms in total. The van der Waals surface area contributed by atoms with E-state index in [4.69, 9.17) is 23.2 Å². The summed E-state index contributed by atoms with van der Waals surface area (Å²) < 4.78 is 3.39. The lowest BCUT2D eigenvalue weighted by Crippen LogP contribution is -2.14. The predicted molar refractivity (Wildman–Crippen MR) is 98.0 cm³/mol. The Labute approximate surface area is 155 Å². The second-order valence-electron chi connectivity index (χ2n) is 5.64. The highest BCUT2D eigenvalue weighted by Gasteiger charge is 2.08. The Hall–Kier alpha value is -2.31. The first-order valence-corrected chi connectivity index (χ1v) is 8.52. The fourth-order valence-corrected chi connectivity index (χ4v) is 2.71. The van der Waals surface area contributed by atoms with Gasteiger partial charge in [0.15, 0.2) is 0 Å². The number of benzene rings is 1. The first-order chi connectivity index (χ1) is 12.0. The van der Waals surface area contributed by atoms with Crippen molar-refractivity contribution in [1.29, 1.82) is 0 Å². The molecule has 1 N–H and O–H groups in total. The minimum atomic E-state index is -0.110. The maximum atomic E-state index is 12.1. The van der Waals surface area contributed by atoms with E-state index in [1.54, 1.807) is 28.0 Å². The van der Waals surface area contributed by atoms with Gasteiger partial charge in [-0.2, -0.15) is 10.2 Å². The van der Waals surface area contributed by atoms with Gasteiger partial charge in [-0.15, -0.1) is 0 Å². The van der Waals surface area contributed by atoms with E-state index < -0.39 is 0 Å². The first kappa shape index (κ1) is 17.5. The van der Waals surface area contributed by atoms with Crippen molar-refractivity contribution in [3.63, 3.8) is 0 Å². The molecule has 0 unspecified atom stereocenters. The van der Waals surface area contributed by atoms with Gasteiger partial charge < -0.3 is 5.32 Å². The molecule has 3 aromatic rings. The highest BCUT2D eigenvalue weighted by atomic mass is 35.5. The molecule has 0 atom stereocenters. The minimum absolute atomic E-state index is 0.110. The molecule has 1 aromatic carbocycles. The molecular formula is C17H17Cl2N5O. The number of aromatic nitrogens is 4. The molecule has 25 heavy (non-hydrogen) atoms. The van der Waals surface area contributed by atoms with Gasteiger partial charge in [-0.3, -0.25) is 14.2 Å². The van der Waals surface area contributed by atoms with E-state index in [-0.39, 0.29) is 5.91 Å². The van der Waals surface area contributed by atoms with Gasteiger partial charge in [0.2, 0.25) is 5.91 Å². The summed E-state index contributed by atoms with van der Waals surface area (Å²) in [6, 6.07) is 7.59. The molecular weight excluding hydrogens is 361 g/mol. The van der Waals surface area contributed by atoms with Crippen LogP contribution in [0.4, 0.5) is 5.69 Å². The van der Waals surface area contributed by atoms with Gasteiger partial charge in [-0.1, -0.05) is 41.4 Å². The third kappa shape index (κ3) is 4.61. The largest absolute Gasteiger partial charge is 0.323 e. The fourth-order valence-electron chi connectivity index (χ4n) is 2.36. The molecule has 0 saturated carbocycles. The van der Waals surface area contributed by atoms with Crippen LogP contribution in [0.15, 0.2) is 42.9 Å². The third-order valence-electron chi connectivity index (χ3n) is 3.66. The van der Waals surface area contributed by atoms with Gasteiger partial charge in [0, 0.05) is 30.4 Å². The van der Waals surface area contributed by atoms with Crippen molar-refractivity contribution < 1.29 is 4.79 Å². The molecule has 0 aliphatic heterocycles. The number of anilines is 1. The zero-order chi connectivity index (χ0) is 17.8. The number of carbonyl (C=O) groups excluding carboxylic acids is 1. The van der Waals surface area contributed by atoms with E-state index in [0.717, 1.165) is 11.3 Å². The molecule has 0 spiro atoms. The van der Waals surface area contributed by atoms with Gasteiger partial charge in [-0.25, -0.2) is 0 Å². The minimum Gasteiger partial charge on any atom is -0.323 e. The number of rotatable bonds is 6. The number of hydrogen-bond acceptors (Lipinski definition) is 3. The van der Waals surface area contributed by atoms with Crippen LogP contribution in [-0.4, -0.2) is 25.5 Å². The number of hydrogen-bond donors (Lipinski definition) is 1. The van der Waals surface area contributed by atoms with Crippen molar-refractivity contribution in [2.45, 2.75) is 26.4 Å². The summed E-state index contributed by atoms with van der Waals surface area (Å²) >= 11 is 12.1. The first-order valence-electron chi connectivity index (χ1n) is 7.76. The van der Waals surface area contributed by atoms with E-state index in [1.165, 1.54) is 0 Å². The van der Waals surface area contributed by atoms with Crippen LogP contribution in [0.5, 0.6) is 0 Å². The molecule has 0 aliphatic carbocycles. The summed E-state index contributed by atoms with van der Waals surface area (Å²) in [6.07, 6.45) is 5.40. The predicted octanol–water partition coefficient (Wildman–Crippen LogP) is 3.77. The second kappa shape index (κ2) is 7.72. The lowest BCUT2D eigenvalue weighted by molar-refractivity contribution is -0.116. The van der Waals surface area contributed by atoms with Crippen molar-refractivity contribution >= 4 is 34.8 Å². The van der Waals surface area contributed by atoms with Crippen molar-refractivity contribution in [2.75, 3.05) is 5.32 Å². The van der Waals surface area contributed by atoms with Crippen LogP contribution in [0.1, 0.15) is 17.7 Å². The average Bonchev–Trinajstić information content (AvgIpc) is 3.14. The molecule has 2 aromatic heterocycles. The van der Waals surface area contributed by atoms with Crippen LogP contribution in [-0.2, 0) is 17.9 Å². The zero-order valence-electron chi connectivity index (χ0n) is 13.6. The summed E-state index contributed by atoms with van der Waals surface area (Å²) in [6.45, 7) is 2.83. The summed E-state index contributed by atoms with van der Waals surface area (Å²) in [5, 5.41) is 12.6. The van der Waals surface area contributed by atoms with Crippen LogP contribution < -0.4 is 5.32 Å². The molecule has 1 amide bonds. The number of amides is 1. The summed E-state index contributed by atoms with van der Waals surface area (Å²) in [7, 11) is 0. The monoisotopic (exact) mass is 377 g/mol. The maximum absolute atomic E-state index is 12.1. The Balaban J connectivity index is 1.54. The Morgan fingerprint density at radius 3 is 2.68 bits per heavy atom. The Morgan fingerprint density at radius 1 is 1.16 bits per heavy atom. The molecule has 0 radical (unpaired) electrons. The summed E-state index contributed by atoms with van der Waals surface area (Å²) in [5.74, 6) is -0.110. The lowest BCUT2D eigenvalue weighted by Gasteiger charge is -2.04. The highest BCUT2D eigenvalue weighted by molar-refractivity contribution is 6.31. The summed E-state index contributed by atoms with van der Waals surface area (Å²) in [4.78, 5) is 12.1. The topological polar surface area (TPSA) is 64.7 Å². The van der Waals surface area contributed by atoms with Crippen LogP contribution in [0, 0.1) is 6.92 Å². The Bertz CT molecular complexity index is 867. The molecule has 0 bridgehead atoms. The lowest BCUT2D eigenvalue weighted by atomic mass is 10.2. The summed E-state index contributed by atoms with van der Waals surface area (Å²) in [5.41, 5.74) is 2.37. The van der Waals surface area contributed by atoms with Crippen LogP contribution in [0.3, 0.4) is 0 Å². The molecule has 0 fully saturated rings. The number of aryl methyl sites for hydroxylation is 2. The van der Waals surface area contributed by atoms with Crippen LogP contribution >= 0.6 is 23.2 Å². The second-order valence-corrected chi connectivity index (χ2v) is 6.46. The van der Waals surface area contributed by atoms with Gasteiger partial charge in [0.25, 0.3) is 0 Å². The van der Waals surface area contributed by atoms with E-state index in [2.05, 4.69) is 15.5 Å². The van der Waals surface area contributed by atoms with Crippen LogP contribution in [0.2, 0.25) is 10.0 Å². The number of carbonyl (C=O) groups is 1. The van der Waals surface area contributed by atoms with Crippen molar-refractivity contribution in [2.24, 2.45) is 0 Å². The van der Waals surface area contributed by atoms with Gasteiger partial charge in [0.1, 0.15) is 0 Å². The molecule has 3 rings (SSSR count). The van der Waals surface area contributed by atoms with E-state index in [9.17, 15) is 4.79 Å². The molecule has 8 heteroatoms. The maximum Gasteiger partial charge on any atom is 0.226 e. The molecule has 2 heterocycles. The van der Waals surface area contributed by atoms with Crippen LogP contribution in [0.25, 0.3) is 0 Å². The van der Waals surface area contributed by atoms with E-state index >= 15 is 0 Å². The standard InChI is InChI=1S/C17H17Cl2N5O/c1-12-16(19)11-23(22-12)7-6-17(25)21-14-8-20-24(10-14)9-13-4-2-3-5-15(13)18/h2-5,8,10-11H,6-7,9H2,1H3,(H,21,25). The van der Waals surface area contributed by atoms with E-state index in [0.29, 0.717) is 35.2 Å². The SMILES string of the molecule is Cc1nn(CCC(=O)Nc2cnn(Cc3ccccc3Cl)c2)cc1Cl. The normalized spacial score (nSPS) is 10.8. The van der Waals surface area contributed by atoms with Gasteiger partial charge in [-0.05, 0) is 18.6 Å². The molecule has 0 aliphatic rings. The molecule has 0 saturated heterocycles. The molecule has 130 valence electrons. The quantitative estimate of drug-likeness (QED) is 0.710. The van der Waals surface area contributed by atoms with E-state index in [1.807, 2.05) is 31.2 Å². The van der Waals surface area contributed by atoms with Crippen molar-refractivity contribution in [3.8, 4) is 0 Å². The smallest absolute Gasteiger partial charge is 0.226 e. The number of nitrogens with zero attached hydrogens (tertiary/aromatic N) is 4. The van der Waals surface area contributed by atoms with Crippen molar-refractivity contribution in [3.05, 3.63) is 64.2 Å². The third-order valence-corrected chi connectivity index (χ3v) is 4.40. The average molecular weight is 378 g/mol. The highest BCUT2D eigenvalue weighted by Crippen LogP contribution is 2.17. The van der Waals surface area contributed by atoms with Gasteiger partial charge >= 0.3 is 0 Å². The number of halogens is 2. The van der Waals surface area contributed by atoms with Crippen molar-refractivity contribution in [1.82, 2.24) is 19.6 Å². The zero-order valence-corrected chi connectivity index (χ0v) is 15.1. The van der Waals surface area contributed by atoms with Gasteiger partial charge in [0.05, 0.1) is 29.1 Å². The Kier molecular flexibility index (Phi) is 5.40. The fraction of sp³-hybridized carbons (Fsp3) is 0.235. The Morgan fingerprint density at radius 2 is 1.96 bits per heavy atom. The number of nitrogens with one attached hydrogen (secondary N) is 1.